The molecule has 0 aliphatic heterocycles. The van der Waals surface area contributed by atoms with Crippen LogP contribution in [0.1, 0.15) is 50.4 Å². The van der Waals surface area contributed by atoms with Crippen molar-refractivity contribution in [3.8, 4) is 0 Å². The number of carbonyl (C=O) groups is 1. The van der Waals surface area contributed by atoms with Gasteiger partial charge >= 0.3 is 5.97 Å². The van der Waals surface area contributed by atoms with Crippen LogP contribution >= 0.6 is 0 Å². The normalized spacial score (nSPS) is 31.2. The van der Waals surface area contributed by atoms with Crippen molar-refractivity contribution in [1.82, 2.24) is 4.72 Å². The zero-order valence-corrected chi connectivity index (χ0v) is 15.4. The molecule has 3 rings (SSSR count). The minimum Gasteiger partial charge on any atom is -0.465 e. The molecule has 2 bridgehead atoms. The van der Waals surface area contributed by atoms with Crippen molar-refractivity contribution >= 4 is 16.0 Å². The van der Waals surface area contributed by atoms with Gasteiger partial charge in [0.2, 0.25) is 10.0 Å². The van der Waals surface area contributed by atoms with Gasteiger partial charge in [0.1, 0.15) is 0 Å². The maximum Gasteiger partial charge on any atom is 0.339 e. The lowest BCUT2D eigenvalue weighted by molar-refractivity contribution is 0.0596. The Kier molecular flexibility index (Phi) is 4.04. The lowest BCUT2D eigenvalue weighted by Gasteiger charge is -2.42. The molecule has 24 heavy (non-hydrogen) atoms. The summed E-state index contributed by atoms with van der Waals surface area (Å²) in [7, 11) is -2.56. The molecule has 0 spiro atoms. The number of hydrogen-bond acceptors (Lipinski definition) is 4. The molecule has 2 aliphatic carbocycles. The van der Waals surface area contributed by atoms with Gasteiger partial charge in [0.05, 0.1) is 17.6 Å². The van der Waals surface area contributed by atoms with Gasteiger partial charge in [-0.25, -0.2) is 17.9 Å². The van der Waals surface area contributed by atoms with Crippen LogP contribution in [0, 0.1) is 16.7 Å². The largest absolute Gasteiger partial charge is 0.465 e. The number of ether oxygens (including phenoxy) is 1. The Balaban J connectivity index is 1.98. The van der Waals surface area contributed by atoms with E-state index in [0.717, 1.165) is 19.3 Å². The Morgan fingerprint density at radius 3 is 2.50 bits per heavy atom. The summed E-state index contributed by atoms with van der Waals surface area (Å²) >= 11 is 0. The predicted molar refractivity (Wildman–Crippen MR) is 91.1 cm³/mol. The molecule has 2 saturated carbocycles. The molecular formula is C18H25NO4S. The average Bonchev–Trinajstić information content (AvgIpc) is 3.02. The standard InChI is InChI=1S/C18H25NO4S/c1-17(2)12-9-10-18(3,11-12)16(17)19-24(21,22)14-8-6-5-7-13(14)15(20)23-4/h5-8,12,16,19H,9-11H2,1-4H3/t12-,16-,18-/m1/s1. The Morgan fingerprint density at radius 2 is 1.92 bits per heavy atom. The summed E-state index contributed by atoms with van der Waals surface area (Å²) in [5.41, 5.74) is -0.0551. The van der Waals surface area contributed by atoms with Crippen LogP contribution in [0.3, 0.4) is 0 Å². The SMILES string of the molecule is COC(=O)c1ccccc1S(=O)(=O)N[C@@H]1C(C)(C)[C@@H]2CC[C@]1(C)C2. The van der Waals surface area contributed by atoms with E-state index in [9.17, 15) is 13.2 Å². The highest BCUT2D eigenvalue weighted by Crippen LogP contribution is 2.62. The van der Waals surface area contributed by atoms with Crippen molar-refractivity contribution in [3.63, 3.8) is 0 Å². The molecule has 2 fully saturated rings. The first-order valence-electron chi connectivity index (χ1n) is 8.31. The van der Waals surface area contributed by atoms with E-state index in [-0.39, 0.29) is 27.3 Å². The lowest BCUT2D eigenvalue weighted by Crippen LogP contribution is -2.52. The fraction of sp³-hybridized carbons (Fsp3) is 0.611. The molecule has 0 saturated heterocycles. The van der Waals surface area contributed by atoms with Gasteiger partial charge in [0.25, 0.3) is 0 Å². The van der Waals surface area contributed by atoms with E-state index in [1.165, 1.54) is 19.2 Å². The van der Waals surface area contributed by atoms with E-state index in [1.54, 1.807) is 12.1 Å². The van der Waals surface area contributed by atoms with Gasteiger partial charge in [-0.05, 0) is 48.1 Å². The van der Waals surface area contributed by atoms with E-state index in [0.29, 0.717) is 5.92 Å². The first-order valence-corrected chi connectivity index (χ1v) is 9.80. The molecule has 132 valence electrons. The van der Waals surface area contributed by atoms with Crippen LogP contribution in [0.25, 0.3) is 0 Å². The maximum absolute atomic E-state index is 13.0. The third kappa shape index (κ3) is 2.56. The van der Waals surface area contributed by atoms with Crippen LogP contribution in [-0.2, 0) is 14.8 Å². The van der Waals surface area contributed by atoms with Gasteiger partial charge in [-0.1, -0.05) is 32.9 Å². The Hall–Kier alpha value is -1.40. The summed E-state index contributed by atoms with van der Waals surface area (Å²) in [5, 5.41) is 0. The van der Waals surface area contributed by atoms with Crippen LogP contribution in [0.4, 0.5) is 0 Å². The Bertz CT molecular complexity index is 766. The van der Waals surface area contributed by atoms with Gasteiger partial charge in [-0.3, -0.25) is 0 Å². The number of benzene rings is 1. The summed E-state index contributed by atoms with van der Waals surface area (Å²) in [5.74, 6) is -0.111. The van der Waals surface area contributed by atoms with E-state index >= 15 is 0 Å². The van der Waals surface area contributed by atoms with Crippen molar-refractivity contribution in [1.29, 1.82) is 0 Å². The fourth-order valence-electron chi connectivity index (χ4n) is 4.79. The monoisotopic (exact) mass is 351 g/mol. The molecule has 3 atom stereocenters. The zero-order chi connectivity index (χ0) is 17.8. The first kappa shape index (κ1) is 17.4. The number of carbonyl (C=O) groups excluding carboxylic acids is 1. The molecule has 2 aliphatic rings. The summed E-state index contributed by atoms with van der Waals surface area (Å²) < 4.78 is 33.7. The Labute approximate surface area is 143 Å². The van der Waals surface area contributed by atoms with Gasteiger partial charge in [-0.2, -0.15) is 0 Å². The molecule has 1 N–H and O–H groups in total. The molecule has 5 nitrogen and oxygen atoms in total. The minimum absolute atomic E-state index is 0.0148. The smallest absolute Gasteiger partial charge is 0.339 e. The molecule has 0 radical (unpaired) electrons. The lowest BCUT2D eigenvalue weighted by atomic mass is 9.69. The molecule has 0 amide bonds. The number of hydrogen-bond donors (Lipinski definition) is 1. The van der Waals surface area contributed by atoms with Crippen molar-refractivity contribution < 1.29 is 17.9 Å². The van der Waals surface area contributed by atoms with Crippen molar-refractivity contribution in [2.45, 2.75) is 51.0 Å². The number of fused-ring (bicyclic) bond motifs is 2. The second-order valence-electron chi connectivity index (χ2n) is 7.96. The van der Waals surface area contributed by atoms with Crippen LogP contribution in [0.2, 0.25) is 0 Å². The van der Waals surface area contributed by atoms with Gasteiger partial charge < -0.3 is 4.74 Å². The van der Waals surface area contributed by atoms with Crippen molar-refractivity contribution in [3.05, 3.63) is 29.8 Å². The number of nitrogens with one attached hydrogen (secondary N) is 1. The average molecular weight is 351 g/mol. The molecule has 0 aromatic heterocycles. The van der Waals surface area contributed by atoms with Gasteiger partial charge in [-0.15, -0.1) is 0 Å². The molecule has 1 aromatic carbocycles. The van der Waals surface area contributed by atoms with Gasteiger partial charge in [0, 0.05) is 6.04 Å². The van der Waals surface area contributed by atoms with Gasteiger partial charge in [0.15, 0.2) is 0 Å². The highest BCUT2D eigenvalue weighted by atomic mass is 32.2. The molecule has 0 heterocycles. The molecule has 1 aromatic rings. The second-order valence-corrected chi connectivity index (χ2v) is 9.64. The predicted octanol–water partition coefficient (Wildman–Crippen LogP) is 2.97. The molecule has 6 heteroatoms. The number of rotatable bonds is 4. The summed E-state index contributed by atoms with van der Waals surface area (Å²) in [6.07, 6.45) is 3.24. The van der Waals surface area contributed by atoms with E-state index in [1.807, 2.05) is 0 Å². The number of methoxy groups -OCH3 is 1. The van der Waals surface area contributed by atoms with Crippen molar-refractivity contribution in [2.75, 3.05) is 7.11 Å². The minimum atomic E-state index is -3.81. The van der Waals surface area contributed by atoms with Crippen LogP contribution in [0.5, 0.6) is 0 Å². The molecule has 0 unspecified atom stereocenters. The van der Waals surface area contributed by atoms with E-state index < -0.39 is 16.0 Å². The Morgan fingerprint density at radius 1 is 1.25 bits per heavy atom. The zero-order valence-electron chi connectivity index (χ0n) is 14.6. The number of esters is 1. The summed E-state index contributed by atoms with van der Waals surface area (Å²) in [4.78, 5) is 11.9. The number of sulfonamides is 1. The van der Waals surface area contributed by atoms with Crippen LogP contribution < -0.4 is 4.72 Å². The molecular weight excluding hydrogens is 326 g/mol. The summed E-state index contributed by atoms with van der Waals surface area (Å²) in [6.45, 7) is 6.45. The highest BCUT2D eigenvalue weighted by Gasteiger charge is 2.60. The van der Waals surface area contributed by atoms with E-state index in [4.69, 9.17) is 4.74 Å². The third-order valence-corrected chi connectivity index (χ3v) is 7.61. The van der Waals surface area contributed by atoms with E-state index in [2.05, 4.69) is 25.5 Å². The first-order chi connectivity index (χ1) is 11.1. The quantitative estimate of drug-likeness (QED) is 0.847. The summed E-state index contributed by atoms with van der Waals surface area (Å²) in [6, 6.07) is 6.05. The third-order valence-electron chi connectivity index (χ3n) is 6.12. The topological polar surface area (TPSA) is 72.5 Å². The van der Waals surface area contributed by atoms with Crippen LogP contribution in [0.15, 0.2) is 29.2 Å². The van der Waals surface area contributed by atoms with Crippen molar-refractivity contribution in [2.24, 2.45) is 16.7 Å². The van der Waals surface area contributed by atoms with Crippen LogP contribution in [-0.4, -0.2) is 27.5 Å². The maximum atomic E-state index is 13.0. The highest BCUT2D eigenvalue weighted by molar-refractivity contribution is 7.89. The fourth-order valence-corrected chi connectivity index (χ4v) is 6.52. The second kappa shape index (κ2) is 5.56.